The van der Waals surface area contributed by atoms with Gasteiger partial charge in [-0.15, -0.1) is 11.3 Å². The minimum Gasteiger partial charge on any atom is -0.297 e. The van der Waals surface area contributed by atoms with Crippen molar-refractivity contribution in [3.8, 4) is 0 Å². The van der Waals surface area contributed by atoms with E-state index in [1.54, 1.807) is 17.5 Å². The number of thiol groups is 1. The third kappa shape index (κ3) is 2.55. The van der Waals surface area contributed by atoms with Crippen molar-refractivity contribution in [1.82, 2.24) is 9.78 Å². The third-order valence-corrected chi connectivity index (χ3v) is 4.70. The fourth-order valence-electron chi connectivity index (χ4n) is 2.35. The van der Waals surface area contributed by atoms with E-state index in [9.17, 15) is 4.79 Å². The molecule has 4 nitrogen and oxygen atoms in total. The molecule has 1 saturated heterocycles. The Balaban J connectivity index is 1.82. The van der Waals surface area contributed by atoms with Gasteiger partial charge in [0.25, 0.3) is 0 Å². The van der Waals surface area contributed by atoms with Crippen molar-refractivity contribution < 1.29 is 4.79 Å². The molecule has 1 aliphatic rings. The highest BCUT2D eigenvalue weighted by molar-refractivity contribution is 7.80. The van der Waals surface area contributed by atoms with Gasteiger partial charge in [-0.3, -0.25) is 9.69 Å². The van der Waals surface area contributed by atoms with Crippen molar-refractivity contribution in [2.24, 2.45) is 5.92 Å². The molecule has 0 bridgehead atoms. The minimum atomic E-state index is 0.173. The fraction of sp³-hybridized carbons (Fsp3) is 0.385. The van der Waals surface area contributed by atoms with Gasteiger partial charge in [0.15, 0.2) is 0 Å². The Kier molecular flexibility index (Phi) is 3.61. The average Bonchev–Trinajstić information content (AvgIpc) is 3.10. The SMILES string of the molecule is O=C1CC(CS)CN1c1ccnn1Cc1cccs1. The number of hydrogen-bond donors (Lipinski definition) is 1. The van der Waals surface area contributed by atoms with E-state index >= 15 is 0 Å². The molecule has 2 aromatic rings. The summed E-state index contributed by atoms with van der Waals surface area (Å²) >= 11 is 5.99. The van der Waals surface area contributed by atoms with Gasteiger partial charge in [0.1, 0.15) is 5.82 Å². The predicted molar refractivity (Wildman–Crippen MR) is 80.0 cm³/mol. The maximum absolute atomic E-state index is 12.1. The molecule has 1 unspecified atom stereocenters. The molecule has 0 spiro atoms. The molecule has 1 atom stereocenters. The van der Waals surface area contributed by atoms with Crippen LogP contribution in [0.2, 0.25) is 0 Å². The van der Waals surface area contributed by atoms with E-state index in [4.69, 9.17) is 0 Å². The average molecular weight is 293 g/mol. The van der Waals surface area contributed by atoms with Crippen LogP contribution in [0.1, 0.15) is 11.3 Å². The van der Waals surface area contributed by atoms with Gasteiger partial charge in [-0.1, -0.05) is 6.07 Å². The lowest BCUT2D eigenvalue weighted by atomic mass is 10.1. The lowest BCUT2D eigenvalue weighted by molar-refractivity contribution is -0.117. The zero-order valence-corrected chi connectivity index (χ0v) is 12.1. The Hall–Kier alpha value is -1.27. The zero-order valence-electron chi connectivity index (χ0n) is 10.4. The van der Waals surface area contributed by atoms with Crippen LogP contribution < -0.4 is 4.90 Å². The van der Waals surface area contributed by atoms with Crippen LogP contribution in [0.4, 0.5) is 5.82 Å². The molecule has 100 valence electrons. The van der Waals surface area contributed by atoms with Gasteiger partial charge >= 0.3 is 0 Å². The van der Waals surface area contributed by atoms with Crippen molar-refractivity contribution in [2.75, 3.05) is 17.2 Å². The molecule has 1 amide bonds. The van der Waals surface area contributed by atoms with Crippen LogP contribution in [0.3, 0.4) is 0 Å². The Bertz CT molecular complexity index is 564. The van der Waals surface area contributed by atoms with Crippen molar-refractivity contribution in [2.45, 2.75) is 13.0 Å². The first kappa shape index (κ1) is 12.7. The van der Waals surface area contributed by atoms with E-state index in [2.05, 4.69) is 29.2 Å². The molecule has 3 heterocycles. The fourth-order valence-corrected chi connectivity index (χ4v) is 3.28. The number of aromatic nitrogens is 2. The Morgan fingerprint density at radius 3 is 3.05 bits per heavy atom. The molecule has 1 aliphatic heterocycles. The van der Waals surface area contributed by atoms with Crippen molar-refractivity contribution >= 4 is 35.7 Å². The van der Waals surface area contributed by atoms with E-state index in [0.717, 1.165) is 24.7 Å². The number of hydrogen-bond acceptors (Lipinski definition) is 4. The summed E-state index contributed by atoms with van der Waals surface area (Å²) < 4.78 is 1.89. The second kappa shape index (κ2) is 5.38. The van der Waals surface area contributed by atoms with Gasteiger partial charge in [-0.25, -0.2) is 4.68 Å². The normalized spacial score (nSPS) is 19.3. The van der Waals surface area contributed by atoms with Crippen molar-refractivity contribution in [3.05, 3.63) is 34.7 Å². The molecule has 0 N–H and O–H groups in total. The number of anilines is 1. The van der Waals surface area contributed by atoms with E-state index in [1.807, 2.05) is 21.7 Å². The number of carbonyl (C=O) groups excluding carboxylic acids is 1. The van der Waals surface area contributed by atoms with Gasteiger partial charge < -0.3 is 0 Å². The monoisotopic (exact) mass is 293 g/mol. The number of rotatable bonds is 4. The molecule has 3 rings (SSSR count). The molecule has 6 heteroatoms. The molecule has 0 aliphatic carbocycles. The van der Waals surface area contributed by atoms with Gasteiger partial charge in [-0.05, 0) is 23.1 Å². The van der Waals surface area contributed by atoms with Crippen LogP contribution in [0, 0.1) is 5.92 Å². The largest absolute Gasteiger partial charge is 0.297 e. The molecule has 19 heavy (non-hydrogen) atoms. The first-order valence-electron chi connectivity index (χ1n) is 6.23. The highest BCUT2D eigenvalue weighted by Gasteiger charge is 2.31. The summed E-state index contributed by atoms with van der Waals surface area (Å²) in [4.78, 5) is 15.1. The first-order chi connectivity index (χ1) is 9.28. The van der Waals surface area contributed by atoms with Gasteiger partial charge in [-0.2, -0.15) is 17.7 Å². The Labute approximate surface area is 121 Å². The van der Waals surface area contributed by atoms with Gasteiger partial charge in [0.05, 0.1) is 12.7 Å². The number of nitrogens with zero attached hydrogens (tertiary/aromatic N) is 3. The van der Waals surface area contributed by atoms with Crippen LogP contribution in [0.5, 0.6) is 0 Å². The van der Waals surface area contributed by atoms with Crippen molar-refractivity contribution in [1.29, 1.82) is 0 Å². The molecule has 0 aromatic carbocycles. The quantitative estimate of drug-likeness (QED) is 0.878. The highest BCUT2D eigenvalue weighted by Crippen LogP contribution is 2.26. The molecule has 0 saturated carbocycles. The summed E-state index contributed by atoms with van der Waals surface area (Å²) in [7, 11) is 0. The second-order valence-electron chi connectivity index (χ2n) is 4.68. The summed E-state index contributed by atoms with van der Waals surface area (Å²) in [5, 5.41) is 6.38. The number of thiophene rings is 1. The van der Waals surface area contributed by atoms with Crippen LogP contribution in [-0.2, 0) is 11.3 Å². The molecule has 2 aromatic heterocycles. The van der Waals surface area contributed by atoms with Crippen LogP contribution in [0.25, 0.3) is 0 Å². The lowest BCUT2D eigenvalue weighted by Crippen LogP contribution is -2.27. The van der Waals surface area contributed by atoms with E-state index < -0.39 is 0 Å². The second-order valence-corrected chi connectivity index (χ2v) is 6.08. The Morgan fingerprint density at radius 2 is 2.37 bits per heavy atom. The lowest BCUT2D eigenvalue weighted by Gasteiger charge is -2.17. The summed E-state index contributed by atoms with van der Waals surface area (Å²) in [6, 6.07) is 6.02. The zero-order chi connectivity index (χ0) is 13.2. The molecular formula is C13H15N3OS2. The van der Waals surface area contributed by atoms with E-state index in [1.165, 1.54) is 4.88 Å². The highest BCUT2D eigenvalue weighted by atomic mass is 32.1. The topological polar surface area (TPSA) is 38.1 Å². The van der Waals surface area contributed by atoms with Crippen molar-refractivity contribution in [3.63, 3.8) is 0 Å². The summed E-state index contributed by atoms with van der Waals surface area (Å²) in [6.07, 6.45) is 2.35. The van der Waals surface area contributed by atoms with Crippen LogP contribution in [-0.4, -0.2) is 28.0 Å². The number of amides is 1. The first-order valence-corrected chi connectivity index (χ1v) is 7.74. The van der Waals surface area contributed by atoms with Crippen LogP contribution in [0.15, 0.2) is 29.8 Å². The van der Waals surface area contributed by atoms with Crippen LogP contribution >= 0.6 is 24.0 Å². The smallest absolute Gasteiger partial charge is 0.228 e. The molecular weight excluding hydrogens is 278 g/mol. The van der Waals surface area contributed by atoms with E-state index in [0.29, 0.717) is 12.3 Å². The maximum Gasteiger partial charge on any atom is 0.228 e. The maximum atomic E-state index is 12.1. The molecule has 1 fully saturated rings. The Morgan fingerprint density at radius 1 is 1.47 bits per heavy atom. The summed E-state index contributed by atoms with van der Waals surface area (Å²) in [6.45, 7) is 1.47. The van der Waals surface area contributed by atoms with E-state index in [-0.39, 0.29) is 5.91 Å². The summed E-state index contributed by atoms with van der Waals surface area (Å²) in [5.74, 6) is 2.16. The number of carbonyl (C=O) groups is 1. The summed E-state index contributed by atoms with van der Waals surface area (Å²) in [5.41, 5.74) is 0. The molecule has 0 radical (unpaired) electrons. The minimum absolute atomic E-state index is 0.173. The third-order valence-electron chi connectivity index (χ3n) is 3.32. The standard InChI is InChI=1S/C13H15N3OS2/c17-13-6-10(9-18)7-15(13)12-3-4-14-16(12)8-11-2-1-5-19-11/h1-5,10,18H,6-9H2. The van der Waals surface area contributed by atoms with Gasteiger partial charge in [0.2, 0.25) is 5.91 Å². The predicted octanol–water partition coefficient (Wildman–Crippen LogP) is 2.28. The van der Waals surface area contributed by atoms with Gasteiger partial charge in [0, 0.05) is 23.9 Å².